The van der Waals surface area contributed by atoms with Crippen LogP contribution in [0.4, 0.5) is 0 Å². The number of carbonyl (C=O) groups is 1. The van der Waals surface area contributed by atoms with Crippen LogP contribution >= 0.6 is 11.3 Å². The monoisotopic (exact) mass is 317 g/mol. The second-order valence-electron chi connectivity index (χ2n) is 6.17. The topological polar surface area (TPSA) is 59.3 Å². The van der Waals surface area contributed by atoms with Gasteiger partial charge in [0.1, 0.15) is 10.4 Å². The Bertz CT molecular complexity index is 882. The number of aromatic hydroxyl groups is 1. The molecule has 116 valence electrons. The minimum Gasteiger partial charge on any atom is -0.508 e. The van der Waals surface area contributed by atoms with E-state index in [9.17, 15) is 14.7 Å². The summed E-state index contributed by atoms with van der Waals surface area (Å²) in [5.41, 5.74) is 0.115. The maximum atomic E-state index is 12.3. The van der Waals surface area contributed by atoms with Gasteiger partial charge < -0.3 is 9.67 Å². The number of benzene rings is 1. The summed E-state index contributed by atoms with van der Waals surface area (Å²) >= 11 is 1.27. The van der Waals surface area contributed by atoms with Crippen molar-refractivity contribution in [1.29, 1.82) is 0 Å². The Morgan fingerprint density at radius 1 is 1.32 bits per heavy atom. The molecule has 0 aliphatic rings. The van der Waals surface area contributed by atoms with Crippen molar-refractivity contribution >= 4 is 29.3 Å². The zero-order valence-corrected chi connectivity index (χ0v) is 13.9. The van der Waals surface area contributed by atoms with Crippen LogP contribution in [0.15, 0.2) is 29.1 Å². The molecule has 0 bridgehead atoms. The lowest BCUT2D eigenvalue weighted by Crippen LogP contribution is -2.30. The number of Topliss-reactive ketones (excluding diaryl/α,β-unsaturated/α-hetero) is 1. The Morgan fingerprint density at radius 2 is 2.00 bits per heavy atom. The molecule has 0 saturated carbocycles. The van der Waals surface area contributed by atoms with Crippen molar-refractivity contribution in [2.45, 2.75) is 20.8 Å². The van der Waals surface area contributed by atoms with Gasteiger partial charge in [-0.2, -0.15) is 0 Å². The molecule has 1 heterocycles. The highest BCUT2D eigenvalue weighted by Gasteiger charge is 2.19. The summed E-state index contributed by atoms with van der Waals surface area (Å²) in [4.78, 5) is 24.4. The van der Waals surface area contributed by atoms with E-state index in [1.54, 1.807) is 31.3 Å². The van der Waals surface area contributed by atoms with Gasteiger partial charge in [0.2, 0.25) is 0 Å². The summed E-state index contributed by atoms with van der Waals surface area (Å²) in [5, 5.41) is 9.48. The Balaban J connectivity index is 2.59. The fraction of sp³-hybridized carbons (Fsp3) is 0.294. The first kappa shape index (κ1) is 16.2. The van der Waals surface area contributed by atoms with Crippen LogP contribution in [0.3, 0.4) is 0 Å². The van der Waals surface area contributed by atoms with Crippen LogP contribution in [0.1, 0.15) is 26.3 Å². The third kappa shape index (κ3) is 3.54. The molecule has 22 heavy (non-hydrogen) atoms. The Labute approximate surface area is 132 Å². The van der Waals surface area contributed by atoms with Gasteiger partial charge in [-0.05, 0) is 23.8 Å². The number of phenols is 1. The summed E-state index contributed by atoms with van der Waals surface area (Å²) in [6, 6.07) is 6.69. The number of ketones is 1. The summed E-state index contributed by atoms with van der Waals surface area (Å²) in [7, 11) is 1.65. The average Bonchev–Trinajstić information content (AvgIpc) is 2.66. The van der Waals surface area contributed by atoms with Crippen LogP contribution in [-0.4, -0.2) is 15.5 Å². The van der Waals surface area contributed by atoms with Crippen molar-refractivity contribution in [2.24, 2.45) is 12.5 Å². The van der Waals surface area contributed by atoms with E-state index in [0.717, 1.165) is 5.56 Å². The lowest BCUT2D eigenvalue weighted by Gasteiger charge is -2.12. The number of hydrogen-bond acceptors (Lipinski definition) is 4. The standard InChI is InChI=1S/C17H19NO3S/c1-17(2,3)14(20)10-15-18(4)16(21)13(22-15)9-11-6-5-7-12(19)8-11/h5-10,19H,1-4H3. The number of thiazole rings is 1. The summed E-state index contributed by atoms with van der Waals surface area (Å²) in [6.45, 7) is 5.53. The Kier molecular flexibility index (Phi) is 4.37. The normalized spacial score (nSPS) is 13.6. The highest BCUT2D eigenvalue weighted by molar-refractivity contribution is 7.07. The van der Waals surface area contributed by atoms with E-state index in [0.29, 0.717) is 9.20 Å². The SMILES string of the molecule is Cn1c(=CC(=O)C(C)(C)C)sc(=Cc2cccc(O)c2)c1=O. The number of rotatable bonds is 2. The van der Waals surface area contributed by atoms with Crippen molar-refractivity contribution in [2.75, 3.05) is 0 Å². The fourth-order valence-corrected chi connectivity index (χ4v) is 2.83. The van der Waals surface area contributed by atoms with Crippen LogP contribution in [0, 0.1) is 5.41 Å². The molecule has 2 rings (SSSR count). The van der Waals surface area contributed by atoms with Crippen LogP contribution in [0.25, 0.3) is 12.2 Å². The van der Waals surface area contributed by atoms with E-state index < -0.39 is 5.41 Å². The fourth-order valence-electron chi connectivity index (χ4n) is 1.80. The third-order valence-electron chi connectivity index (χ3n) is 3.22. The first-order chi connectivity index (χ1) is 10.2. The zero-order valence-electron chi connectivity index (χ0n) is 13.1. The summed E-state index contributed by atoms with van der Waals surface area (Å²) in [6.07, 6.45) is 3.23. The van der Waals surface area contributed by atoms with Gasteiger partial charge in [-0.3, -0.25) is 9.59 Å². The van der Waals surface area contributed by atoms with Gasteiger partial charge in [-0.1, -0.05) is 32.9 Å². The van der Waals surface area contributed by atoms with Crippen molar-refractivity contribution in [1.82, 2.24) is 4.57 Å². The zero-order chi connectivity index (χ0) is 16.5. The summed E-state index contributed by atoms with van der Waals surface area (Å²) < 4.78 is 2.63. The van der Waals surface area contributed by atoms with Crippen molar-refractivity contribution in [3.63, 3.8) is 0 Å². The Morgan fingerprint density at radius 3 is 2.59 bits per heavy atom. The van der Waals surface area contributed by atoms with E-state index in [4.69, 9.17) is 0 Å². The van der Waals surface area contributed by atoms with E-state index in [-0.39, 0.29) is 17.1 Å². The molecule has 5 heteroatoms. The number of aromatic nitrogens is 1. The number of carbonyl (C=O) groups excluding carboxylic acids is 1. The number of phenolic OH excluding ortho intramolecular Hbond substituents is 1. The molecule has 1 aromatic carbocycles. The van der Waals surface area contributed by atoms with Crippen LogP contribution < -0.4 is 14.8 Å². The molecular weight excluding hydrogens is 298 g/mol. The number of nitrogens with zero attached hydrogens (tertiary/aromatic N) is 1. The lowest BCUT2D eigenvalue weighted by atomic mass is 9.91. The van der Waals surface area contributed by atoms with Crippen LogP contribution in [0.2, 0.25) is 0 Å². The molecular formula is C17H19NO3S. The summed E-state index contributed by atoms with van der Waals surface area (Å²) in [5.74, 6) is 0.130. The average molecular weight is 317 g/mol. The largest absolute Gasteiger partial charge is 0.508 e. The minimum atomic E-state index is -0.477. The van der Waals surface area contributed by atoms with Crippen molar-refractivity contribution in [3.8, 4) is 5.75 Å². The van der Waals surface area contributed by atoms with Gasteiger partial charge in [0.15, 0.2) is 5.78 Å². The van der Waals surface area contributed by atoms with E-state index in [1.807, 2.05) is 26.8 Å². The van der Waals surface area contributed by atoms with Gasteiger partial charge in [0.25, 0.3) is 5.56 Å². The van der Waals surface area contributed by atoms with Gasteiger partial charge in [0, 0.05) is 18.5 Å². The lowest BCUT2D eigenvalue weighted by molar-refractivity contribution is -0.120. The highest BCUT2D eigenvalue weighted by Crippen LogP contribution is 2.15. The van der Waals surface area contributed by atoms with Crippen molar-refractivity contribution in [3.05, 3.63) is 49.4 Å². The van der Waals surface area contributed by atoms with Gasteiger partial charge in [-0.25, -0.2) is 0 Å². The van der Waals surface area contributed by atoms with Gasteiger partial charge >= 0.3 is 0 Å². The minimum absolute atomic E-state index is 0.0201. The van der Waals surface area contributed by atoms with Gasteiger partial charge in [0.05, 0.1) is 4.53 Å². The molecule has 0 saturated heterocycles. The Hall–Kier alpha value is -2.14. The first-order valence-electron chi connectivity index (χ1n) is 6.91. The van der Waals surface area contributed by atoms with E-state index >= 15 is 0 Å². The second kappa shape index (κ2) is 5.93. The second-order valence-corrected chi connectivity index (χ2v) is 7.23. The molecule has 4 nitrogen and oxygen atoms in total. The van der Waals surface area contributed by atoms with Gasteiger partial charge in [-0.15, -0.1) is 11.3 Å². The predicted molar refractivity (Wildman–Crippen MR) is 89.4 cm³/mol. The molecule has 1 aromatic heterocycles. The highest BCUT2D eigenvalue weighted by atomic mass is 32.1. The molecule has 1 N–H and O–H groups in total. The third-order valence-corrected chi connectivity index (χ3v) is 4.34. The predicted octanol–water partition coefficient (Wildman–Crippen LogP) is 1.38. The molecule has 0 fully saturated rings. The molecule has 0 atom stereocenters. The molecule has 0 aliphatic carbocycles. The maximum Gasteiger partial charge on any atom is 0.268 e. The first-order valence-corrected chi connectivity index (χ1v) is 7.73. The number of hydrogen-bond donors (Lipinski definition) is 1. The molecule has 2 aromatic rings. The van der Waals surface area contributed by atoms with E-state index in [2.05, 4.69) is 0 Å². The molecule has 0 aliphatic heterocycles. The molecule has 0 unspecified atom stereocenters. The van der Waals surface area contributed by atoms with Crippen LogP contribution in [-0.2, 0) is 11.8 Å². The van der Waals surface area contributed by atoms with Crippen LogP contribution in [0.5, 0.6) is 5.75 Å². The molecule has 0 amide bonds. The molecule has 0 radical (unpaired) electrons. The smallest absolute Gasteiger partial charge is 0.268 e. The molecule has 0 spiro atoms. The quantitative estimate of drug-likeness (QED) is 0.910. The van der Waals surface area contributed by atoms with Crippen molar-refractivity contribution < 1.29 is 9.90 Å². The van der Waals surface area contributed by atoms with E-state index in [1.165, 1.54) is 22.0 Å². The maximum absolute atomic E-state index is 12.3.